The number of benzene rings is 2. The van der Waals surface area contributed by atoms with Gasteiger partial charge in [0.1, 0.15) is 17.4 Å². The molecular weight excluding hydrogens is 402 g/mol. The van der Waals surface area contributed by atoms with Crippen LogP contribution in [0.5, 0.6) is 0 Å². The van der Waals surface area contributed by atoms with E-state index in [0.717, 1.165) is 0 Å². The van der Waals surface area contributed by atoms with Crippen LogP contribution in [-0.4, -0.2) is 48.1 Å². The van der Waals surface area contributed by atoms with E-state index in [9.17, 15) is 13.6 Å². The van der Waals surface area contributed by atoms with E-state index in [0.29, 0.717) is 49.7 Å². The predicted molar refractivity (Wildman–Crippen MR) is 111 cm³/mol. The van der Waals surface area contributed by atoms with Crippen LogP contribution >= 0.6 is 0 Å². The van der Waals surface area contributed by atoms with Crippen LogP contribution in [-0.2, 0) is 17.8 Å². The van der Waals surface area contributed by atoms with E-state index in [1.165, 1.54) is 30.3 Å². The van der Waals surface area contributed by atoms with Crippen LogP contribution in [0.25, 0.3) is 0 Å². The lowest BCUT2D eigenvalue weighted by atomic mass is 10.1. The Morgan fingerprint density at radius 3 is 2.61 bits per heavy atom. The zero-order valence-corrected chi connectivity index (χ0v) is 17.0. The minimum atomic E-state index is -0.395. The molecule has 1 unspecified atom stereocenters. The maximum atomic E-state index is 14.0. The third-order valence-electron chi connectivity index (χ3n) is 5.30. The van der Waals surface area contributed by atoms with Crippen LogP contribution in [0.3, 0.4) is 0 Å². The van der Waals surface area contributed by atoms with Crippen LogP contribution in [0, 0.1) is 11.6 Å². The third kappa shape index (κ3) is 5.57. The molecule has 2 heterocycles. The van der Waals surface area contributed by atoms with Crippen molar-refractivity contribution in [1.29, 1.82) is 0 Å². The standard InChI is InChI=1S/C24H24F2N2O3/c25-20-9-7-18(8-10-20)24(29)28(16-21-5-3-12-30-21)17-22-15-27(11-13-31-22)14-19-4-1-2-6-23(19)26/h1-10,12,22H,11,13-17H2. The van der Waals surface area contributed by atoms with Gasteiger partial charge in [-0.25, -0.2) is 8.78 Å². The molecule has 1 fully saturated rings. The molecule has 0 saturated carbocycles. The Balaban J connectivity index is 1.46. The molecule has 0 radical (unpaired) electrons. The second kappa shape index (κ2) is 9.85. The molecule has 0 spiro atoms. The van der Waals surface area contributed by atoms with Crippen molar-refractivity contribution in [1.82, 2.24) is 9.80 Å². The summed E-state index contributed by atoms with van der Waals surface area (Å²) in [5.41, 5.74) is 1.03. The van der Waals surface area contributed by atoms with Crippen LogP contribution < -0.4 is 0 Å². The van der Waals surface area contributed by atoms with Gasteiger partial charge in [0.25, 0.3) is 5.91 Å². The van der Waals surface area contributed by atoms with Gasteiger partial charge in [0.15, 0.2) is 0 Å². The van der Waals surface area contributed by atoms with Gasteiger partial charge in [0.05, 0.1) is 25.5 Å². The summed E-state index contributed by atoms with van der Waals surface area (Å²) in [5, 5.41) is 0. The number of morpholine rings is 1. The predicted octanol–water partition coefficient (Wildman–Crippen LogP) is 4.10. The van der Waals surface area contributed by atoms with E-state index >= 15 is 0 Å². The first-order chi connectivity index (χ1) is 15.1. The molecular formula is C24H24F2N2O3. The minimum absolute atomic E-state index is 0.225. The summed E-state index contributed by atoms with van der Waals surface area (Å²) in [6.07, 6.45) is 1.32. The highest BCUT2D eigenvalue weighted by Crippen LogP contribution is 2.17. The second-order valence-electron chi connectivity index (χ2n) is 7.59. The van der Waals surface area contributed by atoms with Gasteiger partial charge in [0, 0.05) is 37.3 Å². The molecule has 0 N–H and O–H groups in total. The quantitative estimate of drug-likeness (QED) is 0.571. The fraction of sp³-hybridized carbons (Fsp3) is 0.292. The Labute approximate surface area is 179 Å². The summed E-state index contributed by atoms with van der Waals surface area (Å²) >= 11 is 0. The number of amides is 1. The lowest BCUT2D eigenvalue weighted by molar-refractivity contribution is -0.0444. The zero-order chi connectivity index (χ0) is 21.6. The van der Waals surface area contributed by atoms with Gasteiger partial charge in [0.2, 0.25) is 0 Å². The number of halogens is 2. The summed E-state index contributed by atoms with van der Waals surface area (Å²) in [6.45, 7) is 2.85. The average molecular weight is 426 g/mol. The van der Waals surface area contributed by atoms with E-state index in [2.05, 4.69) is 4.90 Å². The normalized spacial score (nSPS) is 16.9. The largest absolute Gasteiger partial charge is 0.467 e. The first-order valence-corrected chi connectivity index (χ1v) is 10.2. The fourth-order valence-electron chi connectivity index (χ4n) is 3.73. The lowest BCUT2D eigenvalue weighted by Crippen LogP contribution is -2.48. The number of carbonyl (C=O) groups excluding carboxylic acids is 1. The van der Waals surface area contributed by atoms with Gasteiger partial charge in [-0.3, -0.25) is 9.69 Å². The molecule has 2 aromatic carbocycles. The maximum Gasteiger partial charge on any atom is 0.254 e. The molecule has 1 saturated heterocycles. The van der Waals surface area contributed by atoms with Crippen molar-refractivity contribution in [2.45, 2.75) is 19.2 Å². The Kier molecular flexibility index (Phi) is 6.74. The molecule has 162 valence electrons. The molecule has 5 nitrogen and oxygen atoms in total. The van der Waals surface area contributed by atoms with Gasteiger partial charge in [-0.2, -0.15) is 0 Å². The first-order valence-electron chi connectivity index (χ1n) is 10.2. The number of ether oxygens (including phenoxy) is 1. The monoisotopic (exact) mass is 426 g/mol. The molecule has 31 heavy (non-hydrogen) atoms. The summed E-state index contributed by atoms with van der Waals surface area (Å²) in [7, 11) is 0. The minimum Gasteiger partial charge on any atom is -0.467 e. The van der Waals surface area contributed by atoms with Crippen molar-refractivity contribution >= 4 is 5.91 Å². The van der Waals surface area contributed by atoms with Gasteiger partial charge in [-0.1, -0.05) is 18.2 Å². The number of rotatable bonds is 7. The number of hydrogen-bond acceptors (Lipinski definition) is 4. The lowest BCUT2D eigenvalue weighted by Gasteiger charge is -2.35. The van der Waals surface area contributed by atoms with Crippen molar-refractivity contribution in [3.8, 4) is 0 Å². The fourth-order valence-corrected chi connectivity index (χ4v) is 3.73. The molecule has 0 bridgehead atoms. The Morgan fingerprint density at radius 1 is 1.06 bits per heavy atom. The highest BCUT2D eigenvalue weighted by Gasteiger charge is 2.26. The van der Waals surface area contributed by atoms with Crippen LogP contribution in [0.4, 0.5) is 8.78 Å². The number of furan rings is 1. The topological polar surface area (TPSA) is 45.9 Å². The third-order valence-corrected chi connectivity index (χ3v) is 5.30. The smallest absolute Gasteiger partial charge is 0.254 e. The highest BCUT2D eigenvalue weighted by atomic mass is 19.1. The number of carbonyl (C=O) groups is 1. The van der Waals surface area contributed by atoms with Gasteiger partial charge in [-0.05, 0) is 42.5 Å². The maximum absolute atomic E-state index is 14.0. The van der Waals surface area contributed by atoms with E-state index < -0.39 is 5.82 Å². The molecule has 1 aliphatic rings. The SMILES string of the molecule is O=C(c1ccc(F)cc1)N(Cc1ccco1)CC1CN(Cc2ccccc2F)CCO1. The Hall–Kier alpha value is -3.03. The van der Waals surface area contributed by atoms with E-state index in [1.807, 2.05) is 6.07 Å². The molecule has 0 aliphatic carbocycles. The van der Waals surface area contributed by atoms with Crippen LogP contribution in [0.2, 0.25) is 0 Å². The van der Waals surface area contributed by atoms with E-state index in [1.54, 1.807) is 35.4 Å². The van der Waals surface area contributed by atoms with Crippen molar-refractivity contribution in [2.75, 3.05) is 26.2 Å². The van der Waals surface area contributed by atoms with Crippen molar-refractivity contribution < 1.29 is 22.7 Å². The van der Waals surface area contributed by atoms with Crippen LogP contribution in [0.15, 0.2) is 71.3 Å². The molecule has 4 rings (SSSR count). The van der Waals surface area contributed by atoms with Gasteiger partial charge in [-0.15, -0.1) is 0 Å². The van der Waals surface area contributed by atoms with E-state index in [-0.39, 0.29) is 24.4 Å². The Bertz CT molecular complexity index is 992. The molecule has 7 heteroatoms. The summed E-state index contributed by atoms with van der Waals surface area (Å²) in [6, 6.07) is 15.8. The molecule has 1 atom stereocenters. The average Bonchev–Trinajstić information content (AvgIpc) is 3.28. The number of nitrogens with zero attached hydrogens (tertiary/aromatic N) is 2. The van der Waals surface area contributed by atoms with Gasteiger partial charge >= 0.3 is 0 Å². The van der Waals surface area contributed by atoms with Gasteiger partial charge < -0.3 is 14.1 Å². The summed E-state index contributed by atoms with van der Waals surface area (Å²) < 4.78 is 38.7. The molecule has 3 aromatic rings. The number of hydrogen-bond donors (Lipinski definition) is 0. The van der Waals surface area contributed by atoms with Crippen LogP contribution in [0.1, 0.15) is 21.7 Å². The Morgan fingerprint density at radius 2 is 1.87 bits per heavy atom. The summed E-state index contributed by atoms with van der Waals surface area (Å²) in [5.74, 6) is -0.203. The molecule has 1 aromatic heterocycles. The molecule has 1 aliphatic heterocycles. The van der Waals surface area contributed by atoms with E-state index in [4.69, 9.17) is 9.15 Å². The first kappa shape index (κ1) is 21.2. The van der Waals surface area contributed by atoms with Crippen molar-refractivity contribution in [3.63, 3.8) is 0 Å². The highest BCUT2D eigenvalue weighted by molar-refractivity contribution is 5.94. The van der Waals surface area contributed by atoms with Crippen molar-refractivity contribution in [3.05, 3.63) is 95.4 Å². The molecule has 1 amide bonds. The van der Waals surface area contributed by atoms with Crippen molar-refractivity contribution in [2.24, 2.45) is 0 Å². The summed E-state index contributed by atoms with van der Waals surface area (Å²) in [4.78, 5) is 16.9. The second-order valence-corrected chi connectivity index (χ2v) is 7.59. The zero-order valence-electron chi connectivity index (χ0n) is 17.0.